The van der Waals surface area contributed by atoms with Crippen LogP contribution in [0.15, 0.2) is 36.5 Å². The lowest BCUT2D eigenvalue weighted by molar-refractivity contribution is -0.143. The molecule has 0 aliphatic carbocycles. The van der Waals surface area contributed by atoms with Gasteiger partial charge in [0.15, 0.2) is 0 Å². The van der Waals surface area contributed by atoms with Crippen molar-refractivity contribution in [3.63, 3.8) is 0 Å². The first-order chi connectivity index (χ1) is 45.0. The number of hydrogen-bond donors (Lipinski definition) is 3. The standard InChI is InChI=1S/C85H163NO5/c1-3-5-7-9-11-13-15-17-19-21-23-24-25-33-36-39-42-45-49-53-57-61-65-69-73-77-83(88)82(81-87)86-84(89)78-74-70-66-62-58-54-50-46-43-40-37-34-31-29-27-26-28-30-32-35-38-41-44-48-52-56-60-64-68-72-76-80-91-85(90)79-75-71-67-63-59-55-51-47-22-20-18-16-14-12-10-8-6-4-2/h20,22,28,30,35,38,82-83,87-88H,3-19,21,23-27,29,31-34,36-37,39-81H2,1-2H3,(H,86,89)/b22-20-,30-28-,38-35-. The maximum absolute atomic E-state index is 12.6. The van der Waals surface area contributed by atoms with Crippen molar-refractivity contribution in [3.05, 3.63) is 36.5 Å². The van der Waals surface area contributed by atoms with E-state index in [-0.39, 0.29) is 18.5 Å². The predicted molar refractivity (Wildman–Crippen MR) is 403 cm³/mol. The Bertz CT molecular complexity index is 1470. The van der Waals surface area contributed by atoms with Gasteiger partial charge in [0.2, 0.25) is 5.91 Å². The van der Waals surface area contributed by atoms with Gasteiger partial charge in [-0.3, -0.25) is 9.59 Å². The second-order valence-corrected chi connectivity index (χ2v) is 28.8. The Morgan fingerprint density at radius 3 is 0.846 bits per heavy atom. The van der Waals surface area contributed by atoms with Crippen molar-refractivity contribution in [2.24, 2.45) is 0 Å². The van der Waals surface area contributed by atoms with E-state index in [1.54, 1.807) is 0 Å². The van der Waals surface area contributed by atoms with Gasteiger partial charge in [0, 0.05) is 12.8 Å². The molecule has 0 aromatic rings. The lowest BCUT2D eigenvalue weighted by Gasteiger charge is -2.22. The van der Waals surface area contributed by atoms with Crippen LogP contribution in [0.25, 0.3) is 0 Å². The smallest absolute Gasteiger partial charge is 0.305 e. The second kappa shape index (κ2) is 80.5. The molecule has 6 nitrogen and oxygen atoms in total. The van der Waals surface area contributed by atoms with Crippen LogP contribution in [0.5, 0.6) is 0 Å². The first-order valence-electron chi connectivity index (χ1n) is 41.7. The fraction of sp³-hybridized carbons (Fsp3) is 0.906. The van der Waals surface area contributed by atoms with Crippen LogP contribution < -0.4 is 5.32 Å². The molecule has 6 heteroatoms. The molecule has 0 saturated carbocycles. The Labute approximate surface area is 570 Å². The number of carbonyl (C=O) groups excluding carboxylic acids is 2. The third-order valence-electron chi connectivity index (χ3n) is 19.7. The summed E-state index contributed by atoms with van der Waals surface area (Å²) in [7, 11) is 0. The number of aliphatic hydroxyl groups excluding tert-OH is 2. The molecule has 0 rings (SSSR count). The van der Waals surface area contributed by atoms with Crippen LogP contribution in [0.4, 0.5) is 0 Å². The first kappa shape index (κ1) is 89.1. The van der Waals surface area contributed by atoms with Crippen LogP contribution in [0, 0.1) is 0 Å². The molecule has 1 amide bonds. The van der Waals surface area contributed by atoms with Crippen molar-refractivity contribution >= 4 is 11.9 Å². The van der Waals surface area contributed by atoms with Crippen molar-refractivity contribution in [2.45, 2.75) is 482 Å². The summed E-state index contributed by atoms with van der Waals surface area (Å²) in [6.45, 7) is 5.00. The van der Waals surface area contributed by atoms with Crippen LogP contribution in [0.1, 0.15) is 470 Å². The molecule has 3 N–H and O–H groups in total. The molecule has 0 aliphatic heterocycles. The molecule has 2 unspecified atom stereocenters. The second-order valence-electron chi connectivity index (χ2n) is 28.8. The number of unbranched alkanes of at least 4 members (excludes halogenated alkanes) is 62. The van der Waals surface area contributed by atoms with Crippen LogP contribution in [-0.4, -0.2) is 47.4 Å². The number of rotatable bonds is 79. The summed E-state index contributed by atoms with van der Waals surface area (Å²) in [5.74, 6) is -0.0173. The lowest BCUT2D eigenvalue weighted by Crippen LogP contribution is -2.45. The summed E-state index contributed by atoms with van der Waals surface area (Å²) < 4.78 is 5.51. The summed E-state index contributed by atoms with van der Waals surface area (Å²) >= 11 is 0. The van der Waals surface area contributed by atoms with Gasteiger partial charge in [-0.15, -0.1) is 0 Å². The van der Waals surface area contributed by atoms with Crippen molar-refractivity contribution in [1.29, 1.82) is 0 Å². The Morgan fingerprint density at radius 1 is 0.308 bits per heavy atom. The normalized spacial score (nSPS) is 12.6. The number of carbonyl (C=O) groups is 2. The number of allylic oxidation sites excluding steroid dienone is 6. The van der Waals surface area contributed by atoms with Gasteiger partial charge in [0.25, 0.3) is 0 Å². The van der Waals surface area contributed by atoms with E-state index in [0.717, 1.165) is 51.4 Å². The Hall–Kier alpha value is -1.92. The Kier molecular flexibility index (Phi) is 78.8. The molecule has 0 spiro atoms. The summed E-state index contributed by atoms with van der Waals surface area (Å²) in [6.07, 6.45) is 105. The maximum atomic E-state index is 12.6. The lowest BCUT2D eigenvalue weighted by atomic mass is 10.0. The monoisotopic (exact) mass is 1280 g/mol. The van der Waals surface area contributed by atoms with E-state index >= 15 is 0 Å². The van der Waals surface area contributed by atoms with Crippen LogP contribution in [0.2, 0.25) is 0 Å². The molecule has 2 atom stereocenters. The number of amides is 1. The molecule has 0 fully saturated rings. The molecule has 0 bridgehead atoms. The van der Waals surface area contributed by atoms with E-state index in [1.165, 1.54) is 385 Å². The minimum Gasteiger partial charge on any atom is -0.466 e. The van der Waals surface area contributed by atoms with Crippen molar-refractivity contribution < 1.29 is 24.5 Å². The largest absolute Gasteiger partial charge is 0.466 e. The molecule has 0 aliphatic rings. The van der Waals surface area contributed by atoms with E-state index in [9.17, 15) is 19.8 Å². The van der Waals surface area contributed by atoms with E-state index in [2.05, 4.69) is 55.6 Å². The quantitative estimate of drug-likeness (QED) is 0.0320. The number of esters is 1. The predicted octanol–water partition coefficient (Wildman–Crippen LogP) is 27.8. The van der Waals surface area contributed by atoms with Crippen molar-refractivity contribution in [2.75, 3.05) is 13.2 Å². The SMILES string of the molecule is CCCCCCCCC/C=C\CCCCCCCCCC(=O)OCCCCCCCCCCC/C=C\C/C=C\CCCCCCCCCCCCCCCCCC(=O)NC(CO)C(O)CCCCCCCCCCCCCCCCCCCCCCCCCCC. The van der Waals surface area contributed by atoms with E-state index in [4.69, 9.17) is 4.74 Å². The van der Waals surface area contributed by atoms with Gasteiger partial charge in [0.05, 0.1) is 25.4 Å². The average Bonchev–Trinajstić information content (AvgIpc) is 3.65. The molecular formula is C85H163NO5. The highest BCUT2D eigenvalue weighted by atomic mass is 16.5. The highest BCUT2D eigenvalue weighted by Crippen LogP contribution is 2.20. The summed E-state index contributed by atoms with van der Waals surface area (Å²) in [6, 6.07) is -0.543. The molecule has 0 aromatic heterocycles. The third-order valence-corrected chi connectivity index (χ3v) is 19.7. The maximum Gasteiger partial charge on any atom is 0.305 e. The van der Waals surface area contributed by atoms with E-state index in [1.807, 2.05) is 0 Å². The van der Waals surface area contributed by atoms with Gasteiger partial charge in [-0.1, -0.05) is 410 Å². The van der Waals surface area contributed by atoms with Crippen molar-refractivity contribution in [1.82, 2.24) is 5.32 Å². The number of aliphatic hydroxyl groups is 2. The average molecular weight is 1280 g/mol. The zero-order valence-electron chi connectivity index (χ0n) is 61.9. The first-order valence-corrected chi connectivity index (χ1v) is 41.7. The molecular weight excluding hydrogens is 1110 g/mol. The molecule has 0 saturated heterocycles. The van der Waals surface area contributed by atoms with Crippen LogP contribution in [-0.2, 0) is 14.3 Å². The highest BCUT2D eigenvalue weighted by Gasteiger charge is 2.20. The minimum atomic E-state index is -0.666. The zero-order valence-corrected chi connectivity index (χ0v) is 61.9. The molecule has 0 radical (unpaired) electrons. The number of ether oxygens (including phenoxy) is 1. The highest BCUT2D eigenvalue weighted by molar-refractivity contribution is 5.76. The van der Waals surface area contributed by atoms with Crippen molar-refractivity contribution in [3.8, 4) is 0 Å². The topological polar surface area (TPSA) is 95.9 Å². The fourth-order valence-electron chi connectivity index (χ4n) is 13.3. The van der Waals surface area contributed by atoms with Gasteiger partial charge in [-0.2, -0.15) is 0 Å². The molecule has 0 aromatic carbocycles. The zero-order chi connectivity index (χ0) is 65.6. The van der Waals surface area contributed by atoms with Gasteiger partial charge < -0.3 is 20.3 Å². The van der Waals surface area contributed by atoms with Crippen LogP contribution in [0.3, 0.4) is 0 Å². The molecule has 91 heavy (non-hydrogen) atoms. The number of hydrogen-bond acceptors (Lipinski definition) is 5. The molecule has 0 heterocycles. The third kappa shape index (κ3) is 77.0. The fourth-order valence-corrected chi connectivity index (χ4v) is 13.3. The summed E-state index contributed by atoms with van der Waals surface area (Å²) in [5, 5.41) is 23.5. The van der Waals surface area contributed by atoms with Crippen LogP contribution >= 0.6 is 0 Å². The van der Waals surface area contributed by atoms with Gasteiger partial charge in [-0.05, 0) is 83.5 Å². The summed E-state index contributed by atoms with van der Waals surface area (Å²) in [5.41, 5.74) is 0. The Balaban J connectivity index is 3.38. The van der Waals surface area contributed by atoms with E-state index < -0.39 is 12.1 Å². The van der Waals surface area contributed by atoms with Gasteiger partial charge in [0.1, 0.15) is 0 Å². The number of nitrogens with one attached hydrogen (secondary N) is 1. The van der Waals surface area contributed by atoms with Gasteiger partial charge in [-0.25, -0.2) is 0 Å². The summed E-state index contributed by atoms with van der Waals surface area (Å²) in [4.78, 5) is 24.7. The molecule has 538 valence electrons. The van der Waals surface area contributed by atoms with E-state index in [0.29, 0.717) is 25.9 Å². The Morgan fingerprint density at radius 2 is 0.549 bits per heavy atom. The minimum absolute atomic E-state index is 0.0113. The van der Waals surface area contributed by atoms with Gasteiger partial charge >= 0.3 is 5.97 Å².